The van der Waals surface area contributed by atoms with Gasteiger partial charge in [0.25, 0.3) is 5.91 Å². The zero-order valence-corrected chi connectivity index (χ0v) is 15.1. The van der Waals surface area contributed by atoms with Crippen LogP contribution in [0.2, 0.25) is 5.02 Å². The fourth-order valence-corrected chi connectivity index (χ4v) is 3.39. The van der Waals surface area contributed by atoms with Crippen LogP contribution in [-0.2, 0) is 16.1 Å². The quantitative estimate of drug-likeness (QED) is 0.891. The summed E-state index contributed by atoms with van der Waals surface area (Å²) in [5.74, 6) is -0.207. The predicted octanol–water partition coefficient (Wildman–Crippen LogP) is 2.03. The van der Waals surface area contributed by atoms with Gasteiger partial charge in [0.05, 0.1) is 0 Å². The van der Waals surface area contributed by atoms with E-state index in [2.05, 4.69) is 15.3 Å². The van der Waals surface area contributed by atoms with Crippen molar-refractivity contribution in [2.75, 3.05) is 20.1 Å². The molecule has 0 radical (unpaired) electrons. The van der Waals surface area contributed by atoms with E-state index >= 15 is 0 Å². The Balaban J connectivity index is 1.54. The fraction of sp³-hybridized carbons (Fsp3) is 0.500. The Bertz CT molecular complexity index is 674. The molecule has 0 spiro atoms. The Kier molecular flexibility index (Phi) is 5.71. The molecular formula is C18H23ClN4O2. The van der Waals surface area contributed by atoms with Crippen molar-refractivity contribution in [2.45, 2.75) is 38.3 Å². The molecule has 1 aromatic carbocycles. The van der Waals surface area contributed by atoms with Gasteiger partial charge in [-0.05, 0) is 37.1 Å². The Morgan fingerprint density at radius 1 is 1.32 bits per heavy atom. The molecule has 1 atom stereocenters. The number of nitrogens with one attached hydrogen (secondary N) is 1. The zero-order chi connectivity index (χ0) is 17.8. The topological polar surface area (TPSA) is 65.0 Å². The summed E-state index contributed by atoms with van der Waals surface area (Å²) < 4.78 is 0. The van der Waals surface area contributed by atoms with Crippen molar-refractivity contribution >= 4 is 29.1 Å². The smallest absolute Gasteiger partial charge is 0.267 e. The average Bonchev–Trinajstić information content (AvgIpc) is 2.59. The lowest BCUT2D eigenvalue weighted by Crippen LogP contribution is -2.49. The number of benzene rings is 1. The second-order valence-electron chi connectivity index (χ2n) is 6.64. The summed E-state index contributed by atoms with van der Waals surface area (Å²) >= 11 is 5.93. The van der Waals surface area contributed by atoms with E-state index in [0.717, 1.165) is 37.5 Å². The molecule has 0 aromatic heterocycles. The summed E-state index contributed by atoms with van der Waals surface area (Å²) in [6.07, 6.45) is 2.76. The number of nitrogens with zero attached hydrogens (tertiary/aromatic N) is 3. The van der Waals surface area contributed by atoms with Gasteiger partial charge in [-0.2, -0.15) is 5.10 Å². The zero-order valence-electron chi connectivity index (χ0n) is 14.4. The molecule has 1 saturated heterocycles. The summed E-state index contributed by atoms with van der Waals surface area (Å²) in [5.41, 5.74) is 1.66. The molecule has 0 aliphatic carbocycles. The highest BCUT2D eigenvalue weighted by molar-refractivity contribution is 6.39. The van der Waals surface area contributed by atoms with Gasteiger partial charge in [0, 0.05) is 44.0 Å². The molecule has 2 aliphatic heterocycles. The number of amides is 2. The van der Waals surface area contributed by atoms with Crippen LogP contribution in [0, 0.1) is 0 Å². The highest BCUT2D eigenvalue weighted by Gasteiger charge is 2.26. The monoisotopic (exact) mass is 362 g/mol. The highest BCUT2D eigenvalue weighted by Crippen LogP contribution is 2.16. The fourth-order valence-electron chi connectivity index (χ4n) is 3.27. The second kappa shape index (κ2) is 7.97. The van der Waals surface area contributed by atoms with Crippen LogP contribution < -0.4 is 5.32 Å². The maximum absolute atomic E-state index is 12.4. The van der Waals surface area contributed by atoms with Crippen LogP contribution in [0.5, 0.6) is 0 Å². The van der Waals surface area contributed by atoms with Crippen LogP contribution >= 0.6 is 11.6 Å². The highest BCUT2D eigenvalue weighted by atomic mass is 35.5. The van der Waals surface area contributed by atoms with E-state index < -0.39 is 0 Å². The van der Waals surface area contributed by atoms with Crippen LogP contribution in [0.1, 0.15) is 31.2 Å². The summed E-state index contributed by atoms with van der Waals surface area (Å²) in [6.45, 7) is 2.69. The van der Waals surface area contributed by atoms with E-state index in [4.69, 9.17) is 11.6 Å². The summed E-state index contributed by atoms with van der Waals surface area (Å²) in [7, 11) is 1.59. The molecule has 1 aromatic rings. The Hall–Kier alpha value is -1.92. The van der Waals surface area contributed by atoms with Crippen molar-refractivity contribution < 1.29 is 9.59 Å². The molecule has 0 bridgehead atoms. The molecular weight excluding hydrogens is 340 g/mol. The van der Waals surface area contributed by atoms with Crippen LogP contribution in [0.25, 0.3) is 0 Å². The van der Waals surface area contributed by atoms with Gasteiger partial charge in [0.15, 0.2) is 0 Å². The first-order valence-electron chi connectivity index (χ1n) is 8.63. The normalized spacial score (nSPS) is 21.8. The van der Waals surface area contributed by atoms with Gasteiger partial charge in [-0.3, -0.25) is 14.5 Å². The Labute approximate surface area is 152 Å². The summed E-state index contributed by atoms with van der Waals surface area (Å²) in [5, 5.41) is 9.16. The van der Waals surface area contributed by atoms with Crippen LogP contribution in [0.4, 0.5) is 0 Å². The number of hydrazone groups is 1. The van der Waals surface area contributed by atoms with Gasteiger partial charge in [-0.15, -0.1) is 0 Å². The summed E-state index contributed by atoms with van der Waals surface area (Å²) in [4.78, 5) is 26.2. The first-order chi connectivity index (χ1) is 12.0. The van der Waals surface area contributed by atoms with Crippen molar-refractivity contribution in [1.29, 1.82) is 0 Å². The number of rotatable bonds is 4. The molecule has 25 heavy (non-hydrogen) atoms. The van der Waals surface area contributed by atoms with Crippen molar-refractivity contribution in [3.05, 3.63) is 34.9 Å². The maximum Gasteiger partial charge on any atom is 0.267 e. The maximum atomic E-state index is 12.4. The van der Waals surface area contributed by atoms with E-state index in [1.807, 2.05) is 24.3 Å². The lowest BCUT2D eigenvalue weighted by Gasteiger charge is -2.33. The number of hydrogen-bond acceptors (Lipinski definition) is 4. The lowest BCUT2D eigenvalue weighted by molar-refractivity contribution is -0.130. The van der Waals surface area contributed by atoms with Crippen molar-refractivity contribution in [3.63, 3.8) is 0 Å². The molecule has 0 unspecified atom stereocenters. The van der Waals surface area contributed by atoms with Gasteiger partial charge in [-0.1, -0.05) is 23.7 Å². The van der Waals surface area contributed by atoms with Crippen molar-refractivity contribution in [2.24, 2.45) is 5.10 Å². The molecule has 0 saturated carbocycles. The van der Waals surface area contributed by atoms with Gasteiger partial charge < -0.3 is 5.32 Å². The molecule has 6 nitrogen and oxygen atoms in total. The number of hydrogen-bond donors (Lipinski definition) is 1. The van der Waals surface area contributed by atoms with Gasteiger partial charge >= 0.3 is 0 Å². The molecule has 1 N–H and O–H groups in total. The first-order valence-corrected chi connectivity index (χ1v) is 9.01. The minimum atomic E-state index is -0.155. The minimum Gasteiger partial charge on any atom is -0.347 e. The first kappa shape index (κ1) is 17.9. The molecule has 2 aliphatic rings. The van der Waals surface area contributed by atoms with Gasteiger partial charge in [0.1, 0.15) is 5.71 Å². The van der Waals surface area contributed by atoms with E-state index in [-0.39, 0.29) is 17.9 Å². The number of piperidine rings is 1. The van der Waals surface area contributed by atoms with Crippen molar-refractivity contribution in [3.8, 4) is 0 Å². The van der Waals surface area contributed by atoms with Crippen LogP contribution in [-0.4, -0.2) is 53.6 Å². The molecule has 1 fully saturated rings. The van der Waals surface area contributed by atoms with E-state index in [9.17, 15) is 9.59 Å². The SMILES string of the molecule is CN1N=C(C(=O)N[C@@H]2CCCN(Cc3ccc(Cl)cc3)C2)CCC1=O. The molecule has 134 valence electrons. The van der Waals surface area contributed by atoms with E-state index in [1.54, 1.807) is 7.05 Å². The molecule has 2 heterocycles. The lowest BCUT2D eigenvalue weighted by atomic mass is 10.0. The van der Waals surface area contributed by atoms with Crippen molar-refractivity contribution in [1.82, 2.24) is 15.2 Å². The molecule has 2 amide bonds. The standard InChI is InChI=1S/C18H23ClN4O2/c1-22-17(24)9-8-16(21-22)18(25)20-15-3-2-10-23(12-15)11-13-4-6-14(19)7-5-13/h4-7,15H,2-3,8-12H2,1H3,(H,20,25)/t15-/m1/s1. The third-order valence-corrected chi connectivity index (χ3v) is 4.88. The number of carbonyl (C=O) groups is 2. The second-order valence-corrected chi connectivity index (χ2v) is 7.07. The predicted molar refractivity (Wildman–Crippen MR) is 97.3 cm³/mol. The van der Waals surface area contributed by atoms with Gasteiger partial charge in [0.2, 0.25) is 5.91 Å². The van der Waals surface area contributed by atoms with E-state index in [0.29, 0.717) is 18.6 Å². The van der Waals surface area contributed by atoms with Gasteiger partial charge in [-0.25, -0.2) is 5.01 Å². The Morgan fingerprint density at radius 3 is 2.80 bits per heavy atom. The molecule has 7 heteroatoms. The number of likely N-dealkylation sites (tertiary alicyclic amines) is 1. The summed E-state index contributed by atoms with van der Waals surface area (Å²) in [6, 6.07) is 7.99. The van der Waals surface area contributed by atoms with E-state index in [1.165, 1.54) is 10.6 Å². The Morgan fingerprint density at radius 2 is 2.08 bits per heavy atom. The third-order valence-electron chi connectivity index (χ3n) is 4.63. The van der Waals surface area contributed by atoms with Crippen LogP contribution in [0.3, 0.4) is 0 Å². The largest absolute Gasteiger partial charge is 0.347 e. The third kappa shape index (κ3) is 4.80. The van der Waals surface area contributed by atoms with Crippen LogP contribution in [0.15, 0.2) is 29.4 Å². The minimum absolute atomic E-state index is 0.0524. The number of halogens is 1. The number of carbonyl (C=O) groups excluding carboxylic acids is 2. The molecule has 3 rings (SSSR count). The average molecular weight is 363 g/mol.